The van der Waals surface area contributed by atoms with E-state index in [9.17, 15) is 19.5 Å². The number of fused-ring (bicyclic) bond motifs is 5. The van der Waals surface area contributed by atoms with Crippen molar-refractivity contribution in [2.75, 3.05) is 6.61 Å². The van der Waals surface area contributed by atoms with Crippen LogP contribution in [0, 0.1) is 34.5 Å². The predicted octanol–water partition coefficient (Wildman–Crippen LogP) is 5.01. The number of ether oxygens (including phenoxy) is 1. The Balaban J connectivity index is 1.52. The number of allylic oxidation sites excluding steroid dienone is 4. The van der Waals surface area contributed by atoms with Gasteiger partial charge in [0.1, 0.15) is 6.61 Å². The molecule has 3 fully saturated rings. The summed E-state index contributed by atoms with van der Waals surface area (Å²) in [6.45, 7) is 7.46. The molecule has 34 heavy (non-hydrogen) atoms. The third-order valence-electron chi connectivity index (χ3n) is 9.76. The van der Waals surface area contributed by atoms with Crippen LogP contribution in [-0.4, -0.2) is 45.6 Å². The highest BCUT2D eigenvalue weighted by molar-refractivity contribution is 6.28. The van der Waals surface area contributed by atoms with Crippen molar-refractivity contribution in [3.05, 3.63) is 23.8 Å². The molecule has 4 aliphatic rings. The van der Waals surface area contributed by atoms with Crippen molar-refractivity contribution in [1.82, 2.24) is 0 Å². The lowest BCUT2D eigenvalue weighted by Crippen LogP contribution is -2.61. The standard InChI is InChI=1S/C27H36Cl2O5/c1-5-22(31)15(2)24(33)34-14-23(32)18-7-6-17-19-13-21(28)20-12-16(30)8-9-26(20,4)27(19,29)11-10-25(17,18)3/h8-9,12,15,17-19,21-22,31H,5-7,10-11,13-14H2,1-4H3/t15?,17-,18+,19-,21-,22?,25-,26-,27?/m0/s1. The molecule has 9 atom stereocenters. The minimum atomic E-state index is -0.773. The SMILES string of the molecule is CCC(O)C(C)C(=O)OCC(=O)[C@H]1CC[C@H]2[C@@H]3C[C@H](Cl)C4=CC(=O)C=C[C@]4(C)C3(Cl)CC[C@]12C. The molecule has 4 aliphatic carbocycles. The van der Waals surface area contributed by atoms with E-state index in [1.165, 1.54) is 0 Å². The summed E-state index contributed by atoms with van der Waals surface area (Å²) in [5.41, 5.74) is 0.189. The van der Waals surface area contributed by atoms with Gasteiger partial charge in [0.15, 0.2) is 11.6 Å². The zero-order valence-electron chi connectivity index (χ0n) is 20.5. The maximum Gasteiger partial charge on any atom is 0.311 e. The van der Waals surface area contributed by atoms with Crippen LogP contribution in [0.5, 0.6) is 0 Å². The fraction of sp³-hybridized carbons (Fsp3) is 0.741. The second-order valence-corrected chi connectivity index (χ2v) is 12.5. The van der Waals surface area contributed by atoms with Gasteiger partial charge in [0.25, 0.3) is 0 Å². The second kappa shape index (κ2) is 9.05. The average Bonchev–Trinajstić information content (AvgIpc) is 3.16. The van der Waals surface area contributed by atoms with Crippen molar-refractivity contribution in [2.45, 2.75) is 82.6 Å². The molecule has 4 rings (SSSR count). The lowest BCUT2D eigenvalue weighted by Gasteiger charge is -2.62. The van der Waals surface area contributed by atoms with Gasteiger partial charge in [-0.1, -0.05) is 26.8 Å². The van der Waals surface area contributed by atoms with Gasteiger partial charge in [-0.15, -0.1) is 23.2 Å². The zero-order valence-corrected chi connectivity index (χ0v) is 22.0. The highest BCUT2D eigenvalue weighted by Crippen LogP contribution is 2.70. The molecule has 0 spiro atoms. The van der Waals surface area contributed by atoms with Gasteiger partial charge in [-0.05, 0) is 80.4 Å². The van der Waals surface area contributed by atoms with Gasteiger partial charge in [0, 0.05) is 11.3 Å². The number of hydrogen-bond donors (Lipinski definition) is 1. The lowest BCUT2D eigenvalue weighted by atomic mass is 9.47. The van der Waals surface area contributed by atoms with Crippen LogP contribution in [0.4, 0.5) is 0 Å². The van der Waals surface area contributed by atoms with Crippen LogP contribution in [0.25, 0.3) is 0 Å². The van der Waals surface area contributed by atoms with Crippen LogP contribution in [0.2, 0.25) is 0 Å². The van der Waals surface area contributed by atoms with Gasteiger partial charge in [-0.25, -0.2) is 0 Å². The van der Waals surface area contributed by atoms with E-state index in [1.54, 1.807) is 26.0 Å². The first kappa shape index (κ1) is 25.9. The number of aliphatic hydroxyl groups excluding tert-OH is 1. The van der Waals surface area contributed by atoms with Gasteiger partial charge < -0.3 is 9.84 Å². The Labute approximate surface area is 212 Å². The van der Waals surface area contributed by atoms with E-state index in [0.29, 0.717) is 12.8 Å². The highest BCUT2D eigenvalue weighted by Gasteiger charge is 2.67. The smallest absolute Gasteiger partial charge is 0.311 e. The Morgan fingerprint density at radius 1 is 1.24 bits per heavy atom. The monoisotopic (exact) mass is 510 g/mol. The van der Waals surface area contributed by atoms with E-state index in [0.717, 1.165) is 31.3 Å². The molecule has 0 aromatic heterocycles. The molecule has 3 saturated carbocycles. The maximum absolute atomic E-state index is 13.2. The quantitative estimate of drug-likeness (QED) is 0.401. The molecular formula is C27H36Cl2O5. The molecule has 7 heteroatoms. The number of alkyl halides is 2. The number of aliphatic hydroxyl groups is 1. The Morgan fingerprint density at radius 3 is 2.62 bits per heavy atom. The molecule has 0 heterocycles. The van der Waals surface area contributed by atoms with E-state index in [2.05, 4.69) is 13.8 Å². The fourth-order valence-electron chi connectivity index (χ4n) is 7.49. The van der Waals surface area contributed by atoms with Crippen molar-refractivity contribution in [1.29, 1.82) is 0 Å². The summed E-state index contributed by atoms with van der Waals surface area (Å²) in [5.74, 6) is -1.12. The van der Waals surface area contributed by atoms with E-state index >= 15 is 0 Å². The second-order valence-electron chi connectivity index (χ2n) is 11.3. The molecule has 0 aromatic rings. The number of carbonyl (C=O) groups is 3. The summed E-state index contributed by atoms with van der Waals surface area (Å²) in [4.78, 5) is 37.0. The van der Waals surface area contributed by atoms with Crippen molar-refractivity contribution >= 4 is 40.7 Å². The van der Waals surface area contributed by atoms with Crippen LogP contribution in [0.1, 0.15) is 66.2 Å². The molecular weight excluding hydrogens is 475 g/mol. The topological polar surface area (TPSA) is 80.7 Å². The number of halogens is 2. The molecule has 0 amide bonds. The highest BCUT2D eigenvalue weighted by atomic mass is 35.5. The van der Waals surface area contributed by atoms with E-state index in [1.807, 2.05) is 6.08 Å². The molecule has 0 radical (unpaired) electrons. The normalized spacial score (nSPS) is 42.7. The van der Waals surface area contributed by atoms with Crippen LogP contribution in [0.3, 0.4) is 0 Å². The number of hydrogen-bond acceptors (Lipinski definition) is 5. The minimum Gasteiger partial charge on any atom is -0.457 e. The molecule has 3 unspecified atom stereocenters. The summed E-state index contributed by atoms with van der Waals surface area (Å²) in [5, 5.41) is 9.64. The number of rotatable bonds is 6. The Kier molecular flexibility index (Phi) is 6.89. The number of esters is 1. The van der Waals surface area contributed by atoms with E-state index < -0.39 is 28.3 Å². The molecule has 1 N–H and O–H groups in total. The Morgan fingerprint density at radius 2 is 1.94 bits per heavy atom. The Hall–Kier alpha value is -1.17. The third-order valence-corrected chi connectivity index (χ3v) is 11.0. The summed E-state index contributed by atoms with van der Waals surface area (Å²) < 4.78 is 5.32. The van der Waals surface area contributed by atoms with Crippen LogP contribution in [-0.2, 0) is 19.1 Å². The van der Waals surface area contributed by atoms with Gasteiger partial charge in [0.2, 0.25) is 0 Å². The predicted molar refractivity (Wildman–Crippen MR) is 132 cm³/mol. The molecule has 0 aromatic carbocycles. The summed E-state index contributed by atoms with van der Waals surface area (Å²) >= 11 is 14.4. The largest absolute Gasteiger partial charge is 0.457 e. The maximum atomic E-state index is 13.2. The van der Waals surface area contributed by atoms with Gasteiger partial charge in [-0.3, -0.25) is 14.4 Å². The first-order valence-corrected chi connectivity index (χ1v) is 13.4. The van der Waals surface area contributed by atoms with Crippen molar-refractivity contribution in [2.24, 2.45) is 34.5 Å². The van der Waals surface area contributed by atoms with E-state index in [-0.39, 0.29) is 46.7 Å². The number of Topliss-reactive ketones (excluding diaryl/α,β-unsaturated/α-hetero) is 1. The fourth-order valence-corrected chi connectivity index (χ4v) is 8.48. The lowest BCUT2D eigenvalue weighted by molar-refractivity contribution is -0.157. The summed E-state index contributed by atoms with van der Waals surface area (Å²) in [7, 11) is 0. The summed E-state index contributed by atoms with van der Waals surface area (Å²) in [6, 6.07) is 0. The molecule has 188 valence electrons. The Bertz CT molecular complexity index is 943. The summed E-state index contributed by atoms with van der Waals surface area (Å²) in [6.07, 6.45) is 8.75. The van der Waals surface area contributed by atoms with E-state index in [4.69, 9.17) is 27.9 Å². The molecule has 0 aliphatic heterocycles. The first-order valence-electron chi connectivity index (χ1n) is 12.5. The zero-order chi connectivity index (χ0) is 25.1. The van der Waals surface area contributed by atoms with Gasteiger partial charge >= 0.3 is 5.97 Å². The third kappa shape index (κ3) is 3.81. The molecule has 0 saturated heterocycles. The minimum absolute atomic E-state index is 0.0423. The number of ketones is 2. The van der Waals surface area contributed by atoms with Crippen molar-refractivity contribution in [3.63, 3.8) is 0 Å². The van der Waals surface area contributed by atoms with Gasteiger partial charge in [-0.2, -0.15) is 0 Å². The first-order chi connectivity index (χ1) is 15.9. The molecule has 5 nitrogen and oxygen atoms in total. The molecule has 0 bridgehead atoms. The van der Waals surface area contributed by atoms with Gasteiger partial charge in [0.05, 0.1) is 22.3 Å². The van der Waals surface area contributed by atoms with Crippen LogP contribution in [0.15, 0.2) is 23.8 Å². The van der Waals surface area contributed by atoms with Crippen LogP contribution >= 0.6 is 23.2 Å². The van der Waals surface area contributed by atoms with Crippen LogP contribution < -0.4 is 0 Å². The number of carbonyl (C=O) groups excluding carboxylic acids is 3. The average molecular weight is 511 g/mol. The van der Waals surface area contributed by atoms with Crippen molar-refractivity contribution in [3.8, 4) is 0 Å². The van der Waals surface area contributed by atoms with Crippen molar-refractivity contribution < 1.29 is 24.2 Å².